The van der Waals surface area contributed by atoms with E-state index in [9.17, 15) is 4.79 Å². The molecule has 2 aliphatic rings. The summed E-state index contributed by atoms with van der Waals surface area (Å²) in [5.74, 6) is 0.957. The molecule has 2 atom stereocenters. The third kappa shape index (κ3) is 3.80. The van der Waals surface area contributed by atoms with Crippen molar-refractivity contribution in [2.45, 2.75) is 25.8 Å². The zero-order valence-electron chi connectivity index (χ0n) is 9.74. The van der Waals surface area contributed by atoms with Crippen molar-refractivity contribution < 1.29 is 9.53 Å². The van der Waals surface area contributed by atoms with Gasteiger partial charge in [0.05, 0.1) is 6.61 Å². The van der Waals surface area contributed by atoms with E-state index in [1.54, 1.807) is 6.92 Å². The Kier molecular flexibility index (Phi) is 5.65. The highest BCUT2D eigenvalue weighted by Gasteiger charge is 2.32. The highest BCUT2D eigenvalue weighted by Crippen LogP contribution is 2.24. The van der Waals surface area contributed by atoms with Crippen molar-refractivity contribution in [3.05, 3.63) is 0 Å². The van der Waals surface area contributed by atoms with Gasteiger partial charge >= 0.3 is 0 Å². The third-order valence-corrected chi connectivity index (χ3v) is 3.19. The van der Waals surface area contributed by atoms with Gasteiger partial charge in [-0.1, -0.05) is 0 Å². The fourth-order valence-corrected chi connectivity index (χ4v) is 2.37. The lowest BCUT2D eigenvalue weighted by Crippen LogP contribution is -2.42. The molecule has 0 saturated carbocycles. The first-order valence-corrected chi connectivity index (χ1v) is 5.75. The number of likely N-dealkylation sites (tertiary alicyclic amines) is 1. The van der Waals surface area contributed by atoms with Crippen LogP contribution in [-0.2, 0) is 9.53 Å². The molecule has 4 heteroatoms. The number of rotatable bonds is 2. The number of nitrogens with one attached hydrogen (secondary N) is 1. The van der Waals surface area contributed by atoms with E-state index in [4.69, 9.17) is 0 Å². The van der Waals surface area contributed by atoms with Crippen LogP contribution < -0.4 is 5.32 Å². The Morgan fingerprint density at radius 3 is 2.87 bits per heavy atom. The fourth-order valence-electron chi connectivity index (χ4n) is 2.37. The average molecular weight is 214 g/mol. The Hall–Kier alpha value is -0.610. The summed E-state index contributed by atoms with van der Waals surface area (Å²) in [5, 5.41) is 3.45. The monoisotopic (exact) mass is 214 g/mol. The van der Waals surface area contributed by atoms with E-state index in [1.807, 2.05) is 0 Å². The van der Waals surface area contributed by atoms with Gasteiger partial charge in [0.15, 0.2) is 0 Å². The van der Waals surface area contributed by atoms with E-state index in [0.717, 1.165) is 12.0 Å². The number of carbonyl (C=O) groups is 1. The van der Waals surface area contributed by atoms with E-state index in [2.05, 4.69) is 22.0 Å². The van der Waals surface area contributed by atoms with Crippen LogP contribution in [0.25, 0.3) is 0 Å². The van der Waals surface area contributed by atoms with Crippen LogP contribution in [-0.4, -0.2) is 50.7 Å². The Labute approximate surface area is 92.0 Å². The van der Waals surface area contributed by atoms with E-state index < -0.39 is 0 Å². The van der Waals surface area contributed by atoms with Gasteiger partial charge < -0.3 is 15.0 Å². The molecule has 2 heterocycles. The van der Waals surface area contributed by atoms with E-state index in [-0.39, 0.29) is 0 Å². The molecule has 0 aliphatic carbocycles. The standard InChI is InChI=1S/C8H16N2.C3H6O2/c1-10-4-2-3-7-5-9-6-8(7)10;1-2-5-3-4/h7-9H,2-6H2,1H3;3H,2H2,1H3. The van der Waals surface area contributed by atoms with Gasteiger partial charge in [-0.2, -0.15) is 0 Å². The van der Waals surface area contributed by atoms with Crippen LogP contribution in [0.4, 0.5) is 0 Å². The summed E-state index contributed by atoms with van der Waals surface area (Å²) in [4.78, 5) is 11.7. The molecule has 2 saturated heterocycles. The number of hydrogen-bond acceptors (Lipinski definition) is 4. The second-order valence-electron chi connectivity index (χ2n) is 4.16. The van der Waals surface area contributed by atoms with Crippen LogP contribution in [0.3, 0.4) is 0 Å². The van der Waals surface area contributed by atoms with Gasteiger partial charge in [-0.05, 0) is 45.8 Å². The number of hydrogen-bond donors (Lipinski definition) is 1. The third-order valence-electron chi connectivity index (χ3n) is 3.19. The van der Waals surface area contributed by atoms with Gasteiger partial charge in [0.2, 0.25) is 0 Å². The summed E-state index contributed by atoms with van der Waals surface area (Å²) in [6.45, 7) is 6.46. The molecule has 0 spiro atoms. The summed E-state index contributed by atoms with van der Waals surface area (Å²) in [6.07, 6.45) is 2.85. The maximum atomic E-state index is 9.18. The highest BCUT2D eigenvalue weighted by molar-refractivity contribution is 5.36. The molecule has 2 rings (SSSR count). The van der Waals surface area contributed by atoms with Crippen molar-refractivity contribution in [3.63, 3.8) is 0 Å². The van der Waals surface area contributed by atoms with E-state index in [1.165, 1.54) is 32.5 Å². The Bertz CT molecular complexity index is 187. The molecular formula is C11H22N2O2. The first-order valence-electron chi connectivity index (χ1n) is 5.75. The summed E-state index contributed by atoms with van der Waals surface area (Å²) in [6, 6.07) is 0.855. The minimum atomic E-state index is 0.431. The molecule has 0 bridgehead atoms. The zero-order chi connectivity index (χ0) is 11.1. The van der Waals surface area contributed by atoms with Gasteiger partial charge in [0.25, 0.3) is 6.47 Å². The smallest absolute Gasteiger partial charge is 0.293 e. The lowest BCUT2D eigenvalue weighted by molar-refractivity contribution is -0.128. The minimum Gasteiger partial charge on any atom is -0.468 e. The molecule has 2 unspecified atom stereocenters. The first-order chi connectivity index (χ1) is 7.29. The predicted octanol–water partition coefficient (Wildman–Crippen LogP) is 0.479. The highest BCUT2D eigenvalue weighted by atomic mass is 16.5. The van der Waals surface area contributed by atoms with Crippen LogP contribution in [0.15, 0.2) is 0 Å². The molecule has 0 aromatic heterocycles. The molecule has 15 heavy (non-hydrogen) atoms. The molecule has 1 N–H and O–H groups in total. The van der Waals surface area contributed by atoms with Crippen molar-refractivity contribution in [3.8, 4) is 0 Å². The van der Waals surface area contributed by atoms with Gasteiger partial charge in [0.1, 0.15) is 0 Å². The number of nitrogens with zero attached hydrogens (tertiary/aromatic N) is 1. The SMILES string of the molecule is CCOC=O.CN1CCCC2CNCC21. The second-order valence-corrected chi connectivity index (χ2v) is 4.16. The van der Waals surface area contributed by atoms with Gasteiger partial charge in [-0.15, -0.1) is 0 Å². The van der Waals surface area contributed by atoms with Crippen molar-refractivity contribution in [2.75, 3.05) is 33.3 Å². The van der Waals surface area contributed by atoms with Crippen LogP contribution in [0.5, 0.6) is 0 Å². The molecule has 88 valence electrons. The van der Waals surface area contributed by atoms with Crippen LogP contribution in [0.1, 0.15) is 19.8 Å². The van der Waals surface area contributed by atoms with Crippen LogP contribution in [0, 0.1) is 5.92 Å². The lowest BCUT2D eigenvalue weighted by Gasteiger charge is -2.33. The Balaban J connectivity index is 0.000000195. The second kappa shape index (κ2) is 6.80. The molecule has 2 aliphatic heterocycles. The molecule has 4 nitrogen and oxygen atoms in total. The summed E-state index contributed by atoms with van der Waals surface area (Å²) in [5.41, 5.74) is 0. The average Bonchev–Trinajstić information content (AvgIpc) is 2.69. The summed E-state index contributed by atoms with van der Waals surface area (Å²) >= 11 is 0. The number of piperidine rings is 1. The quantitative estimate of drug-likeness (QED) is 0.679. The number of likely N-dealkylation sites (N-methyl/N-ethyl adjacent to an activating group) is 1. The molecule has 0 aromatic rings. The maximum Gasteiger partial charge on any atom is 0.293 e. The number of ether oxygens (including phenoxy) is 1. The number of fused-ring (bicyclic) bond motifs is 1. The van der Waals surface area contributed by atoms with Gasteiger partial charge in [-0.3, -0.25) is 4.79 Å². The van der Waals surface area contributed by atoms with E-state index >= 15 is 0 Å². The molecule has 0 radical (unpaired) electrons. The fraction of sp³-hybridized carbons (Fsp3) is 0.909. The zero-order valence-corrected chi connectivity index (χ0v) is 9.74. The molecule has 2 fully saturated rings. The largest absolute Gasteiger partial charge is 0.468 e. The van der Waals surface area contributed by atoms with E-state index in [0.29, 0.717) is 13.1 Å². The molecule has 0 aromatic carbocycles. The maximum absolute atomic E-state index is 9.18. The first kappa shape index (κ1) is 12.5. The van der Waals surface area contributed by atoms with Crippen molar-refractivity contribution in [1.29, 1.82) is 0 Å². The normalized spacial score (nSPS) is 30.0. The summed E-state index contributed by atoms with van der Waals surface area (Å²) < 4.78 is 4.15. The van der Waals surface area contributed by atoms with Gasteiger partial charge in [-0.25, -0.2) is 0 Å². The predicted molar refractivity (Wildman–Crippen MR) is 59.7 cm³/mol. The topological polar surface area (TPSA) is 41.6 Å². The van der Waals surface area contributed by atoms with Gasteiger partial charge in [0, 0.05) is 12.6 Å². The van der Waals surface area contributed by atoms with Crippen LogP contribution in [0.2, 0.25) is 0 Å². The lowest BCUT2D eigenvalue weighted by atomic mass is 9.93. The van der Waals surface area contributed by atoms with Crippen LogP contribution >= 0.6 is 0 Å². The Morgan fingerprint density at radius 2 is 2.33 bits per heavy atom. The minimum absolute atomic E-state index is 0.431. The summed E-state index contributed by atoms with van der Waals surface area (Å²) in [7, 11) is 2.25. The van der Waals surface area contributed by atoms with Crippen molar-refractivity contribution in [1.82, 2.24) is 10.2 Å². The molecular weight excluding hydrogens is 192 g/mol. The van der Waals surface area contributed by atoms with Crippen molar-refractivity contribution >= 4 is 6.47 Å². The molecule has 0 amide bonds. The Morgan fingerprint density at radius 1 is 1.53 bits per heavy atom. The number of carbonyl (C=O) groups excluding carboxylic acids is 1. The van der Waals surface area contributed by atoms with Crippen molar-refractivity contribution in [2.24, 2.45) is 5.92 Å².